The molecule has 0 bridgehead atoms. The average molecular weight is 595 g/mol. The summed E-state index contributed by atoms with van der Waals surface area (Å²) in [6, 6.07) is 10.2. The number of carbonyl (C=O) groups excluding carboxylic acids is 1. The average Bonchev–Trinajstić information content (AvgIpc) is 2.82. The highest BCUT2D eigenvalue weighted by molar-refractivity contribution is 5.92. The highest BCUT2D eigenvalue weighted by Gasteiger charge is 2.15. The molecule has 2 rings (SSSR count). The Balaban J connectivity index is 0.00000612. The first-order valence-corrected chi connectivity index (χ1v) is 13.5. The second-order valence-electron chi connectivity index (χ2n) is 9.66. The van der Waals surface area contributed by atoms with Crippen molar-refractivity contribution >= 4 is 11.6 Å². The van der Waals surface area contributed by atoms with Crippen LogP contribution in [0.15, 0.2) is 42.7 Å². The second kappa shape index (κ2) is 18.6. The standard InChI is InChI=1S/C30H47N2O2.HI/c1-5-6-7-8-9-10-11-12-13-14-15-16-23-34-29-17-18-30(26(2)24-29)32(27(3)33)25-28-19-21-31(4)22-20-28;/h17-22,24H,5-16,23,25H2,1-4H3;1H/q+1;/p-1. The molecule has 0 unspecified atom stereocenters. The van der Waals surface area contributed by atoms with Crippen LogP contribution in [-0.2, 0) is 18.4 Å². The van der Waals surface area contributed by atoms with Gasteiger partial charge in [0.2, 0.25) is 5.91 Å². The Morgan fingerprint density at radius 1 is 0.857 bits per heavy atom. The van der Waals surface area contributed by atoms with Gasteiger partial charge in [0.15, 0.2) is 12.4 Å². The van der Waals surface area contributed by atoms with Crippen molar-refractivity contribution in [3.63, 3.8) is 0 Å². The number of ether oxygens (including phenoxy) is 1. The van der Waals surface area contributed by atoms with E-state index < -0.39 is 0 Å². The van der Waals surface area contributed by atoms with Gasteiger partial charge in [0.05, 0.1) is 13.2 Å². The Hall–Kier alpha value is -1.63. The van der Waals surface area contributed by atoms with E-state index in [1.54, 1.807) is 6.92 Å². The summed E-state index contributed by atoms with van der Waals surface area (Å²) in [4.78, 5) is 14.2. The number of hydrogen-bond donors (Lipinski definition) is 0. The molecule has 0 atom stereocenters. The Morgan fingerprint density at radius 3 is 1.91 bits per heavy atom. The highest BCUT2D eigenvalue weighted by Crippen LogP contribution is 2.26. The summed E-state index contributed by atoms with van der Waals surface area (Å²) in [6.45, 7) is 7.27. The maximum absolute atomic E-state index is 12.4. The molecule has 35 heavy (non-hydrogen) atoms. The molecular formula is C30H47IN2O2. The minimum Gasteiger partial charge on any atom is -1.00 e. The fourth-order valence-electron chi connectivity index (χ4n) is 4.34. The fourth-order valence-corrected chi connectivity index (χ4v) is 4.34. The Morgan fingerprint density at radius 2 is 1.40 bits per heavy atom. The summed E-state index contributed by atoms with van der Waals surface area (Å²) in [5, 5.41) is 0. The first-order valence-electron chi connectivity index (χ1n) is 13.5. The normalized spacial score (nSPS) is 10.6. The van der Waals surface area contributed by atoms with Crippen LogP contribution in [-0.4, -0.2) is 12.5 Å². The van der Waals surface area contributed by atoms with Crippen LogP contribution in [0.1, 0.15) is 102 Å². The van der Waals surface area contributed by atoms with Gasteiger partial charge in [0.25, 0.3) is 0 Å². The number of nitrogens with zero attached hydrogens (tertiary/aromatic N) is 2. The molecule has 5 heteroatoms. The van der Waals surface area contributed by atoms with Gasteiger partial charge in [-0.25, -0.2) is 4.57 Å². The SMILES string of the molecule is CCCCCCCCCCCCCCOc1ccc(N(Cc2cc[n+](C)cc2)C(C)=O)c(C)c1.[I-]. The number of aryl methyl sites for hydroxylation is 2. The molecule has 1 aromatic heterocycles. The molecule has 1 heterocycles. The zero-order valence-electron chi connectivity index (χ0n) is 22.5. The maximum atomic E-state index is 12.4. The van der Waals surface area contributed by atoms with E-state index in [-0.39, 0.29) is 29.9 Å². The van der Waals surface area contributed by atoms with Crippen molar-refractivity contribution in [2.75, 3.05) is 11.5 Å². The third kappa shape index (κ3) is 12.8. The lowest BCUT2D eigenvalue weighted by atomic mass is 10.1. The van der Waals surface area contributed by atoms with Crippen LogP contribution in [0, 0.1) is 6.92 Å². The van der Waals surface area contributed by atoms with Crippen molar-refractivity contribution < 1.29 is 38.1 Å². The predicted octanol–water partition coefficient (Wildman–Crippen LogP) is 4.46. The molecule has 196 valence electrons. The molecule has 0 spiro atoms. The summed E-state index contributed by atoms with van der Waals surface area (Å²) in [7, 11) is 1.99. The minimum absolute atomic E-state index is 0. The topological polar surface area (TPSA) is 33.4 Å². The molecule has 0 saturated carbocycles. The molecule has 1 amide bonds. The number of pyridine rings is 1. The Kier molecular flexibility index (Phi) is 16.7. The number of halogens is 1. The molecule has 0 radical (unpaired) electrons. The number of benzene rings is 1. The largest absolute Gasteiger partial charge is 1.00 e. The van der Waals surface area contributed by atoms with E-state index in [1.807, 2.05) is 48.0 Å². The van der Waals surface area contributed by atoms with E-state index in [9.17, 15) is 4.79 Å². The zero-order valence-corrected chi connectivity index (χ0v) is 24.7. The van der Waals surface area contributed by atoms with Crippen molar-refractivity contribution in [1.82, 2.24) is 0 Å². The third-order valence-corrected chi connectivity index (χ3v) is 6.49. The first-order chi connectivity index (χ1) is 16.5. The number of unbranched alkanes of at least 4 members (excludes halogenated alkanes) is 11. The summed E-state index contributed by atoms with van der Waals surface area (Å²) < 4.78 is 7.99. The molecule has 0 N–H and O–H groups in total. The molecule has 0 aliphatic rings. The fraction of sp³-hybridized carbons (Fsp3) is 0.600. The smallest absolute Gasteiger partial charge is 0.224 e. The number of carbonyl (C=O) groups is 1. The minimum atomic E-state index is 0. The van der Waals surface area contributed by atoms with Gasteiger partial charge in [-0.2, -0.15) is 0 Å². The van der Waals surface area contributed by atoms with Crippen molar-refractivity contribution in [2.45, 2.75) is 104 Å². The van der Waals surface area contributed by atoms with Gasteiger partial charge >= 0.3 is 0 Å². The van der Waals surface area contributed by atoms with Crippen molar-refractivity contribution in [1.29, 1.82) is 0 Å². The number of hydrogen-bond acceptors (Lipinski definition) is 2. The van der Waals surface area contributed by atoms with Crippen LogP contribution in [0.4, 0.5) is 5.69 Å². The van der Waals surface area contributed by atoms with Gasteiger partial charge < -0.3 is 33.6 Å². The summed E-state index contributed by atoms with van der Waals surface area (Å²) in [6.07, 6.45) is 20.2. The van der Waals surface area contributed by atoms with Crippen LogP contribution in [0.25, 0.3) is 0 Å². The van der Waals surface area contributed by atoms with E-state index in [0.717, 1.165) is 35.6 Å². The molecular weight excluding hydrogens is 547 g/mol. The molecule has 0 fully saturated rings. The Bertz CT molecular complexity index is 839. The molecule has 0 aliphatic carbocycles. The van der Waals surface area contributed by atoms with Crippen LogP contribution in [0.3, 0.4) is 0 Å². The van der Waals surface area contributed by atoms with Crippen LogP contribution >= 0.6 is 0 Å². The van der Waals surface area contributed by atoms with Gasteiger partial charge in [-0.1, -0.05) is 77.6 Å². The summed E-state index contributed by atoms with van der Waals surface area (Å²) in [5.41, 5.74) is 3.11. The monoisotopic (exact) mass is 594 g/mol. The quantitative estimate of drug-likeness (QED) is 0.154. The predicted molar refractivity (Wildman–Crippen MR) is 142 cm³/mol. The van der Waals surface area contributed by atoms with E-state index >= 15 is 0 Å². The third-order valence-electron chi connectivity index (χ3n) is 6.49. The van der Waals surface area contributed by atoms with Gasteiger partial charge in [-0.3, -0.25) is 4.79 Å². The number of amides is 1. The second-order valence-corrected chi connectivity index (χ2v) is 9.66. The summed E-state index contributed by atoms with van der Waals surface area (Å²) in [5.74, 6) is 0.932. The van der Waals surface area contributed by atoms with E-state index in [0.29, 0.717) is 6.54 Å². The Labute approximate surface area is 231 Å². The number of aromatic nitrogens is 1. The van der Waals surface area contributed by atoms with Crippen molar-refractivity contribution in [3.05, 3.63) is 53.9 Å². The number of rotatable bonds is 17. The molecule has 0 aliphatic heterocycles. The van der Waals surface area contributed by atoms with Crippen LogP contribution < -0.4 is 38.2 Å². The number of anilines is 1. The molecule has 2 aromatic rings. The van der Waals surface area contributed by atoms with Gasteiger partial charge in [-0.15, -0.1) is 0 Å². The van der Waals surface area contributed by atoms with Crippen molar-refractivity contribution in [3.8, 4) is 5.75 Å². The van der Waals surface area contributed by atoms with Crippen LogP contribution in [0.2, 0.25) is 0 Å². The highest BCUT2D eigenvalue weighted by atomic mass is 127. The molecule has 0 saturated heterocycles. The van der Waals surface area contributed by atoms with Gasteiger partial charge in [0, 0.05) is 24.7 Å². The lowest BCUT2D eigenvalue weighted by molar-refractivity contribution is -0.671. The molecule has 1 aromatic carbocycles. The lowest BCUT2D eigenvalue weighted by Crippen LogP contribution is -3.00. The summed E-state index contributed by atoms with van der Waals surface area (Å²) >= 11 is 0. The van der Waals surface area contributed by atoms with Crippen LogP contribution in [0.5, 0.6) is 5.75 Å². The zero-order chi connectivity index (χ0) is 24.6. The van der Waals surface area contributed by atoms with Crippen molar-refractivity contribution in [2.24, 2.45) is 7.05 Å². The van der Waals surface area contributed by atoms with Gasteiger partial charge in [-0.05, 0) is 42.7 Å². The van der Waals surface area contributed by atoms with E-state index in [4.69, 9.17) is 4.74 Å². The van der Waals surface area contributed by atoms with E-state index in [1.165, 1.54) is 70.6 Å². The first kappa shape index (κ1) is 31.4. The maximum Gasteiger partial charge on any atom is 0.224 e. The van der Waals surface area contributed by atoms with E-state index in [2.05, 4.69) is 25.1 Å². The molecule has 4 nitrogen and oxygen atoms in total. The lowest BCUT2D eigenvalue weighted by Gasteiger charge is -2.23. The van der Waals surface area contributed by atoms with Gasteiger partial charge in [0.1, 0.15) is 12.8 Å².